The minimum absolute atomic E-state index is 0. The maximum absolute atomic E-state index is 12.2. The molecule has 0 amide bonds. The van der Waals surface area contributed by atoms with Crippen LogP contribution >= 0.6 is 0 Å². The Morgan fingerprint density at radius 1 is 0.829 bits per heavy atom. The van der Waals surface area contributed by atoms with Crippen LogP contribution in [-0.2, 0) is 24.9 Å². The summed E-state index contributed by atoms with van der Waals surface area (Å²) in [7, 11) is 0. The molecule has 1 heterocycles. The van der Waals surface area contributed by atoms with Crippen LogP contribution < -0.4 is 0 Å². The smallest absolute Gasteiger partial charge is 0.164 e. The maximum atomic E-state index is 12.2. The summed E-state index contributed by atoms with van der Waals surface area (Å²) in [5.41, 5.74) is 5.18. The maximum Gasteiger partial charge on any atom is 0.164 e. The molecule has 1 aromatic heterocycles. The quantitative estimate of drug-likeness (QED) is 0.0851. The number of pyridine rings is 1. The summed E-state index contributed by atoms with van der Waals surface area (Å²) in [6.07, 6.45) is 6.66. The van der Waals surface area contributed by atoms with E-state index in [1.807, 2.05) is 47.7 Å². The zero-order valence-corrected chi connectivity index (χ0v) is 28.6. The van der Waals surface area contributed by atoms with E-state index >= 15 is 0 Å². The number of fused-ring (bicyclic) bond motifs is 3. The number of aliphatic hydroxyl groups excluding tert-OH is 1. The van der Waals surface area contributed by atoms with Gasteiger partial charge in [-0.1, -0.05) is 85.7 Å². The Bertz CT molecular complexity index is 1510. The Hall–Kier alpha value is -2.81. The van der Waals surface area contributed by atoms with Crippen LogP contribution in [0.4, 0.5) is 0 Å². The van der Waals surface area contributed by atoms with Gasteiger partial charge < -0.3 is 10.1 Å². The first-order chi connectivity index (χ1) is 18.9. The molecule has 0 atom stereocenters. The number of rotatable bonds is 8. The van der Waals surface area contributed by atoms with Crippen LogP contribution in [0.25, 0.3) is 32.8 Å². The monoisotopic (exact) mass is 729 g/mol. The van der Waals surface area contributed by atoms with Gasteiger partial charge in [0.25, 0.3) is 0 Å². The van der Waals surface area contributed by atoms with Gasteiger partial charge in [0.05, 0.1) is 0 Å². The average molecular weight is 729 g/mol. The number of nitrogens with zero attached hydrogens (tertiary/aromatic N) is 1. The number of carbonyl (C=O) groups is 1. The van der Waals surface area contributed by atoms with Gasteiger partial charge in [-0.2, -0.15) is 0 Å². The molecule has 4 rings (SSSR count). The molecule has 4 heteroatoms. The van der Waals surface area contributed by atoms with Gasteiger partial charge in [0, 0.05) is 43.2 Å². The number of aryl methyl sites for hydroxylation is 3. The zero-order chi connectivity index (χ0) is 29.7. The minimum Gasteiger partial charge on any atom is -0.512 e. The van der Waals surface area contributed by atoms with Crippen molar-refractivity contribution in [2.75, 3.05) is 0 Å². The van der Waals surface area contributed by atoms with Crippen molar-refractivity contribution in [1.82, 2.24) is 4.98 Å². The number of ketones is 1. The Morgan fingerprint density at radius 2 is 1.41 bits per heavy atom. The van der Waals surface area contributed by atoms with Gasteiger partial charge in [-0.25, -0.2) is 0 Å². The normalized spacial score (nSPS) is 12.1. The van der Waals surface area contributed by atoms with Gasteiger partial charge in [-0.3, -0.25) is 4.79 Å². The molecular formula is C37H46IrNO2-. The van der Waals surface area contributed by atoms with Crippen LogP contribution in [0, 0.1) is 37.7 Å². The second kappa shape index (κ2) is 14.4. The first kappa shape index (κ1) is 34.4. The standard InChI is InChI=1S/C22H18N.C15H28O2.Ir/c1-14-11-15(2)13-17(12-14)22-21-8-7-18-16(3)5-4-6-19(18)20(21)9-10-23-22;1-7-14(5,8-2)12(16)11-13(17)15(6,9-3)10-4;/h4-12H,1-3H3;11,16H,7-10H2,1-6H3;/q-1;;/b;12-11-;. The molecule has 221 valence electrons. The van der Waals surface area contributed by atoms with Gasteiger partial charge in [0.1, 0.15) is 5.76 Å². The summed E-state index contributed by atoms with van der Waals surface area (Å²) >= 11 is 0. The number of hydrogen-bond donors (Lipinski definition) is 1. The molecule has 4 aromatic rings. The number of benzene rings is 3. The van der Waals surface area contributed by atoms with Crippen molar-refractivity contribution < 1.29 is 30.0 Å². The molecule has 0 bridgehead atoms. The van der Waals surface area contributed by atoms with Crippen LogP contribution in [0.1, 0.15) is 83.9 Å². The van der Waals surface area contributed by atoms with E-state index in [1.165, 1.54) is 38.7 Å². The fourth-order valence-corrected chi connectivity index (χ4v) is 5.10. The fourth-order valence-electron chi connectivity index (χ4n) is 5.10. The van der Waals surface area contributed by atoms with Crippen LogP contribution in [0.3, 0.4) is 0 Å². The van der Waals surface area contributed by atoms with Gasteiger partial charge in [0.15, 0.2) is 5.78 Å². The summed E-state index contributed by atoms with van der Waals surface area (Å²) in [5, 5.41) is 15.2. The van der Waals surface area contributed by atoms with Crippen LogP contribution in [-0.4, -0.2) is 15.9 Å². The number of aromatic nitrogens is 1. The fraction of sp³-hybridized carbons (Fsp3) is 0.405. The van der Waals surface area contributed by atoms with E-state index in [2.05, 4.69) is 80.4 Å². The van der Waals surface area contributed by atoms with Crippen LogP contribution in [0.2, 0.25) is 0 Å². The van der Waals surface area contributed by atoms with Crippen molar-refractivity contribution in [2.45, 2.75) is 88.0 Å². The van der Waals surface area contributed by atoms with Crippen molar-refractivity contribution in [3.05, 3.63) is 89.3 Å². The van der Waals surface area contributed by atoms with Crippen LogP contribution in [0.15, 0.2) is 66.6 Å². The number of carbonyl (C=O) groups excluding carboxylic acids is 1. The molecule has 1 N–H and O–H groups in total. The SMILES string of the molecule is CCC(C)(CC)C(=O)/C=C(\O)C(C)(CC)CC.Cc1[c-]c(-c2nccc3c2ccc2c(C)cccc23)cc(C)c1.[Ir]. The molecule has 0 fully saturated rings. The van der Waals surface area contributed by atoms with Crippen LogP contribution in [0.5, 0.6) is 0 Å². The number of allylic oxidation sites excluding steroid dienone is 2. The molecule has 3 nitrogen and oxygen atoms in total. The third-order valence-corrected chi connectivity index (χ3v) is 9.03. The topological polar surface area (TPSA) is 50.2 Å². The summed E-state index contributed by atoms with van der Waals surface area (Å²) in [5.74, 6) is 0.286. The molecular weight excluding hydrogens is 683 g/mol. The first-order valence-corrected chi connectivity index (χ1v) is 14.7. The molecule has 0 aliphatic rings. The third kappa shape index (κ3) is 7.53. The van der Waals surface area contributed by atoms with E-state index in [4.69, 9.17) is 0 Å². The molecule has 1 radical (unpaired) electrons. The molecule has 0 aliphatic carbocycles. The van der Waals surface area contributed by atoms with Gasteiger partial charge >= 0.3 is 0 Å². The van der Waals surface area contributed by atoms with E-state index in [1.54, 1.807) is 0 Å². The Kier molecular flexibility index (Phi) is 12.1. The van der Waals surface area contributed by atoms with Crippen molar-refractivity contribution >= 4 is 27.3 Å². The van der Waals surface area contributed by atoms with Crippen molar-refractivity contribution in [3.63, 3.8) is 0 Å². The van der Waals surface area contributed by atoms with Gasteiger partial charge in [-0.15, -0.1) is 34.9 Å². The second-order valence-corrected chi connectivity index (χ2v) is 11.7. The summed E-state index contributed by atoms with van der Waals surface area (Å²) in [6.45, 7) is 18.4. The molecule has 3 aromatic carbocycles. The minimum atomic E-state index is -0.337. The van der Waals surface area contributed by atoms with E-state index in [0.29, 0.717) is 0 Å². The van der Waals surface area contributed by atoms with Crippen molar-refractivity contribution in [3.8, 4) is 11.3 Å². The Balaban J connectivity index is 0.000000296. The van der Waals surface area contributed by atoms with Gasteiger partial charge in [-0.05, 0) is 71.5 Å². The molecule has 0 saturated carbocycles. The molecule has 41 heavy (non-hydrogen) atoms. The Morgan fingerprint density at radius 3 is 2.00 bits per heavy atom. The van der Waals surface area contributed by atoms with E-state index in [0.717, 1.165) is 42.5 Å². The van der Waals surface area contributed by atoms with E-state index in [9.17, 15) is 9.90 Å². The molecule has 0 spiro atoms. The third-order valence-electron chi connectivity index (χ3n) is 9.03. The summed E-state index contributed by atoms with van der Waals surface area (Å²) < 4.78 is 0. The summed E-state index contributed by atoms with van der Waals surface area (Å²) in [4.78, 5) is 16.8. The van der Waals surface area contributed by atoms with Crippen molar-refractivity contribution in [2.24, 2.45) is 10.8 Å². The largest absolute Gasteiger partial charge is 0.512 e. The second-order valence-electron chi connectivity index (χ2n) is 11.7. The van der Waals surface area contributed by atoms with Crippen molar-refractivity contribution in [1.29, 1.82) is 0 Å². The Labute approximate surface area is 260 Å². The van der Waals surface area contributed by atoms with Gasteiger partial charge in [0.2, 0.25) is 0 Å². The average Bonchev–Trinajstić information content (AvgIpc) is 2.95. The predicted octanol–water partition coefficient (Wildman–Crippen LogP) is 10.4. The van der Waals surface area contributed by atoms with E-state index in [-0.39, 0.29) is 42.5 Å². The first-order valence-electron chi connectivity index (χ1n) is 14.7. The number of hydrogen-bond acceptors (Lipinski definition) is 3. The molecule has 0 unspecified atom stereocenters. The zero-order valence-electron chi connectivity index (χ0n) is 26.2. The number of aliphatic hydroxyl groups is 1. The molecule has 0 aliphatic heterocycles. The molecule has 0 saturated heterocycles. The van der Waals surface area contributed by atoms with E-state index < -0.39 is 0 Å². The predicted molar refractivity (Wildman–Crippen MR) is 171 cm³/mol. The summed E-state index contributed by atoms with van der Waals surface area (Å²) in [6, 6.07) is 20.8.